The van der Waals surface area contributed by atoms with Crippen LogP contribution in [0, 0.1) is 0 Å². The van der Waals surface area contributed by atoms with E-state index in [1.807, 2.05) is 13.8 Å². The zero-order chi connectivity index (χ0) is 9.14. The van der Waals surface area contributed by atoms with Gasteiger partial charge in [0.05, 0.1) is 19.3 Å². The van der Waals surface area contributed by atoms with Crippen molar-refractivity contribution < 1.29 is 14.6 Å². The molecule has 0 aliphatic carbocycles. The largest absolute Gasteiger partial charge is 0.449 e. The van der Waals surface area contributed by atoms with Crippen LogP contribution in [0.4, 0.5) is 4.79 Å². The lowest BCUT2D eigenvalue weighted by molar-refractivity contribution is 0.0120. The van der Waals surface area contributed by atoms with Crippen LogP contribution in [0.5, 0.6) is 0 Å². The number of hydrogen-bond acceptors (Lipinski definition) is 3. The molecule has 1 aliphatic rings. The highest BCUT2D eigenvalue weighted by atomic mass is 16.6. The molecular formula is C8H15NO3. The summed E-state index contributed by atoms with van der Waals surface area (Å²) >= 11 is 0. The Kier molecular flexibility index (Phi) is 2.92. The van der Waals surface area contributed by atoms with Crippen LogP contribution in [-0.4, -0.2) is 41.4 Å². The Morgan fingerprint density at radius 2 is 2.42 bits per heavy atom. The van der Waals surface area contributed by atoms with Gasteiger partial charge in [0.25, 0.3) is 0 Å². The van der Waals surface area contributed by atoms with Crippen molar-refractivity contribution in [3.05, 3.63) is 0 Å². The molecule has 0 radical (unpaired) electrons. The minimum atomic E-state index is -0.310. The number of carbonyl (C=O) groups is 1. The summed E-state index contributed by atoms with van der Waals surface area (Å²) in [6.07, 6.45) is 0.413. The zero-order valence-corrected chi connectivity index (χ0v) is 7.49. The van der Waals surface area contributed by atoms with E-state index in [9.17, 15) is 4.79 Å². The second-order valence-electron chi connectivity index (χ2n) is 3.24. The highest BCUT2D eigenvalue weighted by Gasteiger charge is 2.30. The van der Waals surface area contributed by atoms with E-state index in [0.717, 1.165) is 6.42 Å². The highest BCUT2D eigenvalue weighted by molar-refractivity contribution is 5.69. The van der Waals surface area contributed by atoms with E-state index in [-0.39, 0.29) is 24.8 Å². The summed E-state index contributed by atoms with van der Waals surface area (Å²) in [6.45, 7) is 4.27. The van der Waals surface area contributed by atoms with Gasteiger partial charge >= 0.3 is 6.09 Å². The first-order valence-corrected chi connectivity index (χ1v) is 4.22. The number of cyclic esters (lactones) is 1. The van der Waals surface area contributed by atoms with Crippen molar-refractivity contribution in [3.63, 3.8) is 0 Å². The van der Waals surface area contributed by atoms with E-state index in [1.54, 1.807) is 4.90 Å². The quantitative estimate of drug-likeness (QED) is 0.665. The molecule has 4 nitrogen and oxygen atoms in total. The summed E-state index contributed by atoms with van der Waals surface area (Å²) in [4.78, 5) is 12.8. The molecule has 70 valence electrons. The molecule has 0 bridgehead atoms. The molecule has 1 atom stereocenters. The summed E-state index contributed by atoms with van der Waals surface area (Å²) in [5.41, 5.74) is 0. The number of nitrogens with zero attached hydrogens (tertiary/aromatic N) is 1. The normalized spacial score (nSPS) is 24.5. The maximum Gasteiger partial charge on any atom is 0.410 e. The van der Waals surface area contributed by atoms with Crippen molar-refractivity contribution in [2.45, 2.75) is 32.4 Å². The first-order chi connectivity index (χ1) is 5.66. The fourth-order valence-corrected chi connectivity index (χ4v) is 1.46. The fraction of sp³-hybridized carbons (Fsp3) is 0.875. The number of hydrogen-bond donors (Lipinski definition) is 1. The number of ether oxygens (including phenoxy) is 1. The van der Waals surface area contributed by atoms with Gasteiger partial charge in [0.1, 0.15) is 0 Å². The molecule has 1 N–H and O–H groups in total. The average molecular weight is 173 g/mol. The van der Waals surface area contributed by atoms with Crippen LogP contribution in [0.1, 0.15) is 20.3 Å². The van der Waals surface area contributed by atoms with E-state index in [2.05, 4.69) is 0 Å². The van der Waals surface area contributed by atoms with Crippen LogP contribution in [0.15, 0.2) is 0 Å². The number of aliphatic hydroxyl groups is 1. The third kappa shape index (κ3) is 1.69. The maximum atomic E-state index is 11.2. The summed E-state index contributed by atoms with van der Waals surface area (Å²) in [7, 11) is 0. The summed E-state index contributed by atoms with van der Waals surface area (Å²) in [5.74, 6) is 0. The summed E-state index contributed by atoms with van der Waals surface area (Å²) in [5, 5.41) is 8.98. The number of amides is 1. The van der Waals surface area contributed by atoms with Crippen LogP contribution in [0.2, 0.25) is 0 Å². The molecule has 1 saturated heterocycles. The molecule has 0 aromatic heterocycles. The van der Waals surface area contributed by atoms with Crippen molar-refractivity contribution in [2.24, 2.45) is 0 Å². The van der Waals surface area contributed by atoms with Crippen molar-refractivity contribution in [3.8, 4) is 0 Å². The third-order valence-electron chi connectivity index (χ3n) is 2.05. The smallest absolute Gasteiger partial charge is 0.410 e. The Hall–Kier alpha value is -0.770. The van der Waals surface area contributed by atoms with E-state index < -0.39 is 0 Å². The average Bonchev–Trinajstić information content (AvgIpc) is 2.03. The van der Waals surface area contributed by atoms with Gasteiger partial charge in [-0.05, 0) is 13.8 Å². The Morgan fingerprint density at radius 3 is 2.83 bits per heavy atom. The van der Waals surface area contributed by atoms with Crippen molar-refractivity contribution >= 4 is 6.09 Å². The predicted octanol–water partition coefficient (Wildman–Crippen LogP) is 0.598. The van der Waals surface area contributed by atoms with Gasteiger partial charge < -0.3 is 14.7 Å². The topological polar surface area (TPSA) is 49.8 Å². The second-order valence-corrected chi connectivity index (χ2v) is 3.24. The monoisotopic (exact) mass is 173 g/mol. The summed E-state index contributed by atoms with van der Waals surface area (Å²) < 4.78 is 4.86. The molecule has 1 unspecified atom stereocenters. The van der Waals surface area contributed by atoms with Gasteiger partial charge in [-0.25, -0.2) is 4.79 Å². The van der Waals surface area contributed by atoms with Gasteiger partial charge in [-0.3, -0.25) is 0 Å². The SMILES string of the molecule is CC(C)N1C(=O)OCCC1CO. The summed E-state index contributed by atoms with van der Waals surface area (Å²) in [6, 6.07) is 0.0289. The fourth-order valence-electron chi connectivity index (χ4n) is 1.46. The Labute approximate surface area is 72.1 Å². The van der Waals surface area contributed by atoms with Gasteiger partial charge in [-0.2, -0.15) is 0 Å². The van der Waals surface area contributed by atoms with E-state index in [0.29, 0.717) is 6.61 Å². The van der Waals surface area contributed by atoms with Crippen molar-refractivity contribution in [2.75, 3.05) is 13.2 Å². The first-order valence-electron chi connectivity index (χ1n) is 4.22. The van der Waals surface area contributed by atoms with Gasteiger partial charge in [-0.15, -0.1) is 0 Å². The molecule has 0 spiro atoms. The van der Waals surface area contributed by atoms with Crippen LogP contribution in [0.25, 0.3) is 0 Å². The van der Waals surface area contributed by atoms with E-state index >= 15 is 0 Å². The number of rotatable bonds is 2. The molecular weight excluding hydrogens is 158 g/mol. The lowest BCUT2D eigenvalue weighted by atomic mass is 10.1. The number of aliphatic hydroxyl groups excluding tert-OH is 1. The van der Waals surface area contributed by atoms with Crippen LogP contribution >= 0.6 is 0 Å². The second kappa shape index (κ2) is 3.76. The molecule has 1 amide bonds. The lowest BCUT2D eigenvalue weighted by Crippen LogP contribution is -2.50. The molecule has 1 fully saturated rings. The molecule has 1 heterocycles. The van der Waals surface area contributed by atoms with E-state index in [4.69, 9.17) is 9.84 Å². The van der Waals surface area contributed by atoms with E-state index in [1.165, 1.54) is 0 Å². The van der Waals surface area contributed by atoms with Crippen LogP contribution < -0.4 is 0 Å². The zero-order valence-electron chi connectivity index (χ0n) is 7.49. The molecule has 0 aromatic carbocycles. The minimum Gasteiger partial charge on any atom is -0.449 e. The molecule has 0 aromatic rings. The molecule has 12 heavy (non-hydrogen) atoms. The van der Waals surface area contributed by atoms with Crippen LogP contribution in [0.3, 0.4) is 0 Å². The Bertz CT molecular complexity index is 170. The Morgan fingerprint density at radius 1 is 1.75 bits per heavy atom. The third-order valence-corrected chi connectivity index (χ3v) is 2.05. The molecule has 1 aliphatic heterocycles. The van der Waals surface area contributed by atoms with Gasteiger partial charge in [0.2, 0.25) is 0 Å². The standard InChI is InChI=1S/C8H15NO3/c1-6(2)9-7(5-10)3-4-12-8(9)11/h6-7,10H,3-5H2,1-2H3. The molecule has 1 rings (SSSR count). The first kappa shape index (κ1) is 9.32. The lowest BCUT2D eigenvalue weighted by Gasteiger charge is -2.36. The van der Waals surface area contributed by atoms with Gasteiger partial charge in [0, 0.05) is 12.5 Å². The maximum absolute atomic E-state index is 11.2. The number of carbonyl (C=O) groups excluding carboxylic acids is 1. The highest BCUT2D eigenvalue weighted by Crippen LogP contribution is 2.15. The van der Waals surface area contributed by atoms with Gasteiger partial charge in [0.15, 0.2) is 0 Å². The van der Waals surface area contributed by atoms with Gasteiger partial charge in [-0.1, -0.05) is 0 Å². The predicted molar refractivity (Wildman–Crippen MR) is 43.8 cm³/mol. The molecule has 4 heteroatoms. The molecule has 0 saturated carbocycles. The van der Waals surface area contributed by atoms with Crippen molar-refractivity contribution in [1.29, 1.82) is 0 Å². The van der Waals surface area contributed by atoms with Crippen LogP contribution in [-0.2, 0) is 4.74 Å². The van der Waals surface area contributed by atoms with Crippen molar-refractivity contribution in [1.82, 2.24) is 4.90 Å². The Balaban J connectivity index is 2.66. The minimum absolute atomic E-state index is 0.0211.